The Bertz CT molecular complexity index is 591. The van der Waals surface area contributed by atoms with Gasteiger partial charge in [0.05, 0.1) is 12.7 Å². The number of para-hydroxylation sites is 1. The van der Waals surface area contributed by atoms with Gasteiger partial charge in [0.1, 0.15) is 5.58 Å². The highest BCUT2D eigenvalue weighted by atomic mass is 16.5. The minimum Gasteiger partial charge on any atom is -0.451 e. The van der Waals surface area contributed by atoms with Crippen molar-refractivity contribution in [3.8, 4) is 0 Å². The van der Waals surface area contributed by atoms with Gasteiger partial charge in [-0.3, -0.25) is 4.79 Å². The second-order valence-electron chi connectivity index (χ2n) is 4.71. The van der Waals surface area contributed by atoms with Gasteiger partial charge in [0.25, 0.3) is 5.91 Å². The zero-order valence-electron chi connectivity index (χ0n) is 11.7. The summed E-state index contributed by atoms with van der Waals surface area (Å²) in [5, 5.41) is 13.2. The number of nitrogens with one attached hydrogen (secondary N) is 1. The first-order valence-corrected chi connectivity index (χ1v) is 6.56. The number of hydrogen-bond acceptors (Lipinski definition) is 4. The van der Waals surface area contributed by atoms with Crippen LogP contribution in [0, 0.1) is 6.92 Å². The van der Waals surface area contributed by atoms with Gasteiger partial charge in [-0.2, -0.15) is 0 Å². The van der Waals surface area contributed by atoms with Gasteiger partial charge in [0.15, 0.2) is 5.76 Å². The molecular weight excluding hydrogens is 258 g/mol. The highest BCUT2D eigenvalue weighted by Gasteiger charge is 2.17. The summed E-state index contributed by atoms with van der Waals surface area (Å²) in [6.45, 7) is 2.50. The van der Waals surface area contributed by atoms with Crippen molar-refractivity contribution in [3.05, 3.63) is 35.6 Å². The fourth-order valence-electron chi connectivity index (χ4n) is 2.10. The third-order valence-corrected chi connectivity index (χ3v) is 3.17. The molecule has 0 aliphatic rings. The maximum Gasteiger partial charge on any atom is 0.287 e. The highest BCUT2D eigenvalue weighted by molar-refractivity contribution is 5.98. The largest absolute Gasteiger partial charge is 0.451 e. The van der Waals surface area contributed by atoms with E-state index in [-0.39, 0.29) is 12.5 Å². The molecule has 0 aliphatic heterocycles. The first-order valence-electron chi connectivity index (χ1n) is 6.56. The monoisotopic (exact) mass is 277 g/mol. The Morgan fingerprint density at radius 1 is 1.45 bits per heavy atom. The minimum absolute atomic E-state index is 0.261. The molecule has 1 atom stereocenters. The van der Waals surface area contributed by atoms with E-state index in [9.17, 15) is 9.90 Å². The van der Waals surface area contributed by atoms with E-state index in [4.69, 9.17) is 9.15 Å². The van der Waals surface area contributed by atoms with Crippen molar-refractivity contribution in [1.82, 2.24) is 5.32 Å². The standard InChI is InChI=1S/C15H19NO4/c1-10-12-5-3-4-6-13(12)20-14(10)15(18)16-8-7-11(17)9-19-2/h3-6,11,17H,7-9H2,1-2H3,(H,16,18). The van der Waals surface area contributed by atoms with Gasteiger partial charge in [-0.15, -0.1) is 0 Å². The Kier molecular flexibility index (Phi) is 4.76. The van der Waals surface area contributed by atoms with E-state index in [2.05, 4.69) is 5.32 Å². The predicted molar refractivity (Wildman–Crippen MR) is 75.8 cm³/mol. The van der Waals surface area contributed by atoms with Crippen LogP contribution in [0.5, 0.6) is 0 Å². The smallest absolute Gasteiger partial charge is 0.287 e. The number of ether oxygens (including phenoxy) is 1. The molecule has 1 aromatic carbocycles. The summed E-state index contributed by atoms with van der Waals surface area (Å²) in [6.07, 6.45) is -0.129. The molecule has 0 fully saturated rings. The Labute approximate surface area is 117 Å². The van der Waals surface area contributed by atoms with E-state index in [1.165, 1.54) is 7.11 Å². The first-order chi connectivity index (χ1) is 9.63. The SMILES string of the molecule is COCC(O)CCNC(=O)c1oc2ccccc2c1C. The zero-order valence-corrected chi connectivity index (χ0v) is 11.7. The summed E-state index contributed by atoms with van der Waals surface area (Å²) < 4.78 is 10.4. The Balaban J connectivity index is 1.99. The van der Waals surface area contributed by atoms with Crippen LogP contribution in [0.4, 0.5) is 0 Å². The third kappa shape index (κ3) is 3.18. The van der Waals surface area contributed by atoms with Crippen LogP contribution in [0.3, 0.4) is 0 Å². The summed E-state index contributed by atoms with van der Waals surface area (Å²) in [6, 6.07) is 7.54. The summed E-state index contributed by atoms with van der Waals surface area (Å²) in [4.78, 5) is 12.1. The van der Waals surface area contributed by atoms with Crippen LogP contribution in [0.25, 0.3) is 11.0 Å². The van der Waals surface area contributed by atoms with Crippen LogP contribution in [0.2, 0.25) is 0 Å². The lowest BCUT2D eigenvalue weighted by Crippen LogP contribution is -2.28. The summed E-state index contributed by atoms with van der Waals surface area (Å²) in [5.41, 5.74) is 1.53. The number of aryl methyl sites for hydroxylation is 1. The van der Waals surface area contributed by atoms with E-state index in [1.54, 1.807) is 0 Å². The van der Waals surface area contributed by atoms with Crippen molar-refractivity contribution >= 4 is 16.9 Å². The number of carbonyl (C=O) groups excluding carboxylic acids is 1. The lowest BCUT2D eigenvalue weighted by Gasteiger charge is -2.09. The molecule has 5 heteroatoms. The highest BCUT2D eigenvalue weighted by Crippen LogP contribution is 2.24. The molecule has 0 spiro atoms. The number of rotatable bonds is 6. The molecule has 1 amide bonds. The minimum atomic E-state index is -0.572. The van der Waals surface area contributed by atoms with Crippen molar-refractivity contribution in [2.24, 2.45) is 0 Å². The molecular formula is C15H19NO4. The van der Waals surface area contributed by atoms with Gasteiger partial charge in [-0.1, -0.05) is 18.2 Å². The van der Waals surface area contributed by atoms with Crippen molar-refractivity contribution in [2.75, 3.05) is 20.3 Å². The molecule has 1 unspecified atom stereocenters. The van der Waals surface area contributed by atoms with Gasteiger partial charge >= 0.3 is 0 Å². The molecule has 0 bridgehead atoms. The number of methoxy groups -OCH3 is 1. The maximum atomic E-state index is 12.1. The van der Waals surface area contributed by atoms with E-state index in [0.29, 0.717) is 24.3 Å². The number of fused-ring (bicyclic) bond motifs is 1. The fraction of sp³-hybridized carbons (Fsp3) is 0.400. The van der Waals surface area contributed by atoms with Crippen molar-refractivity contribution in [3.63, 3.8) is 0 Å². The van der Waals surface area contributed by atoms with Gasteiger partial charge in [0.2, 0.25) is 0 Å². The number of aliphatic hydroxyl groups excluding tert-OH is 1. The molecule has 108 valence electrons. The van der Waals surface area contributed by atoms with Crippen LogP contribution in [-0.4, -0.2) is 37.4 Å². The Hall–Kier alpha value is -1.85. The second-order valence-corrected chi connectivity index (χ2v) is 4.71. The van der Waals surface area contributed by atoms with Crippen LogP contribution >= 0.6 is 0 Å². The predicted octanol–water partition coefficient (Wildman–Crippen LogP) is 1.87. The summed E-state index contributed by atoms with van der Waals surface area (Å²) >= 11 is 0. The normalized spacial score (nSPS) is 12.6. The van der Waals surface area contributed by atoms with Crippen LogP contribution in [-0.2, 0) is 4.74 Å². The fourth-order valence-corrected chi connectivity index (χ4v) is 2.10. The van der Waals surface area contributed by atoms with Crippen LogP contribution < -0.4 is 5.32 Å². The van der Waals surface area contributed by atoms with E-state index < -0.39 is 6.10 Å². The number of amides is 1. The molecule has 0 radical (unpaired) electrons. The van der Waals surface area contributed by atoms with Crippen molar-refractivity contribution in [1.29, 1.82) is 0 Å². The lowest BCUT2D eigenvalue weighted by atomic mass is 10.1. The van der Waals surface area contributed by atoms with E-state index >= 15 is 0 Å². The van der Waals surface area contributed by atoms with Crippen LogP contribution in [0.15, 0.2) is 28.7 Å². The molecule has 0 saturated heterocycles. The number of benzene rings is 1. The van der Waals surface area contributed by atoms with Crippen molar-refractivity contribution < 1.29 is 19.1 Å². The number of furan rings is 1. The molecule has 2 aromatic rings. The molecule has 1 heterocycles. The summed E-state index contributed by atoms with van der Waals surface area (Å²) in [5.74, 6) is 0.0655. The van der Waals surface area contributed by atoms with Crippen molar-refractivity contribution in [2.45, 2.75) is 19.4 Å². The molecule has 20 heavy (non-hydrogen) atoms. The van der Waals surface area contributed by atoms with Gasteiger partial charge < -0.3 is 19.6 Å². The third-order valence-electron chi connectivity index (χ3n) is 3.17. The number of hydrogen-bond donors (Lipinski definition) is 2. The van der Waals surface area contributed by atoms with E-state index in [1.807, 2.05) is 31.2 Å². The molecule has 2 rings (SSSR count). The number of carbonyl (C=O) groups is 1. The van der Waals surface area contributed by atoms with Gasteiger partial charge in [-0.25, -0.2) is 0 Å². The molecule has 1 aromatic heterocycles. The maximum absolute atomic E-state index is 12.1. The summed E-state index contributed by atoms with van der Waals surface area (Å²) in [7, 11) is 1.53. The molecule has 2 N–H and O–H groups in total. The van der Waals surface area contributed by atoms with Gasteiger partial charge in [0, 0.05) is 24.6 Å². The molecule has 5 nitrogen and oxygen atoms in total. The van der Waals surface area contributed by atoms with Gasteiger partial charge in [-0.05, 0) is 19.4 Å². The average Bonchev–Trinajstić information content (AvgIpc) is 2.77. The molecule has 0 saturated carbocycles. The first kappa shape index (κ1) is 14.6. The van der Waals surface area contributed by atoms with E-state index in [0.717, 1.165) is 10.9 Å². The second kappa shape index (κ2) is 6.54. The van der Waals surface area contributed by atoms with Crippen LogP contribution in [0.1, 0.15) is 22.5 Å². The zero-order chi connectivity index (χ0) is 14.5. The molecule has 0 aliphatic carbocycles. The Morgan fingerprint density at radius 3 is 2.90 bits per heavy atom. The number of aliphatic hydroxyl groups is 1. The lowest BCUT2D eigenvalue weighted by molar-refractivity contribution is 0.0586. The Morgan fingerprint density at radius 2 is 2.20 bits per heavy atom. The average molecular weight is 277 g/mol. The quantitative estimate of drug-likeness (QED) is 0.845. The topological polar surface area (TPSA) is 71.7 Å².